The first-order chi connectivity index (χ1) is 10.2. The summed E-state index contributed by atoms with van der Waals surface area (Å²) in [5, 5.41) is 0. The van der Waals surface area contributed by atoms with E-state index in [2.05, 4.69) is 4.90 Å². The molecular formula is C14H22FN3O2S. The average Bonchev–Trinajstić information content (AvgIpc) is 2.93. The lowest BCUT2D eigenvalue weighted by Crippen LogP contribution is -2.68. The van der Waals surface area contributed by atoms with Crippen molar-refractivity contribution >= 4 is 17.9 Å². The van der Waals surface area contributed by atoms with Crippen LogP contribution in [-0.4, -0.2) is 76.9 Å². The quantitative estimate of drug-likeness (QED) is 0.836. The number of alkyl halides is 1. The second-order valence-corrected chi connectivity index (χ2v) is 7.65. The maximum atomic E-state index is 14.2. The Morgan fingerprint density at radius 3 is 2.62 bits per heavy atom. The smallest absolute Gasteiger partial charge is 0.410 e. The van der Waals surface area contributed by atoms with Gasteiger partial charge in [-0.2, -0.15) is 11.8 Å². The summed E-state index contributed by atoms with van der Waals surface area (Å²) in [5.74, 6) is 2.29. The summed E-state index contributed by atoms with van der Waals surface area (Å²) in [4.78, 5) is 16.1. The van der Waals surface area contributed by atoms with Crippen LogP contribution < -0.4 is 5.73 Å². The lowest BCUT2D eigenvalue weighted by Gasteiger charge is -2.53. The van der Waals surface area contributed by atoms with Crippen molar-refractivity contribution in [2.75, 3.05) is 24.6 Å². The number of cyclic esters (lactones) is 1. The van der Waals surface area contributed by atoms with Crippen LogP contribution in [0.2, 0.25) is 0 Å². The van der Waals surface area contributed by atoms with Gasteiger partial charge in [-0.3, -0.25) is 9.80 Å². The van der Waals surface area contributed by atoms with E-state index in [4.69, 9.17) is 10.5 Å². The summed E-state index contributed by atoms with van der Waals surface area (Å²) in [6.07, 6.45) is 1.40. The van der Waals surface area contributed by atoms with Crippen molar-refractivity contribution in [2.24, 2.45) is 5.73 Å². The SMILES string of the molecule is NC[C@H]1CN([C@@H]2C(F)CC2N2C3CCC2CSC3)C(=O)O1. The van der Waals surface area contributed by atoms with Crippen LogP contribution in [0.25, 0.3) is 0 Å². The molecule has 6 atom stereocenters. The Hall–Kier alpha value is -0.530. The Morgan fingerprint density at radius 1 is 1.33 bits per heavy atom. The molecule has 0 aromatic rings. The maximum Gasteiger partial charge on any atom is 0.410 e. The number of rotatable bonds is 3. The van der Waals surface area contributed by atoms with E-state index in [1.165, 1.54) is 12.8 Å². The van der Waals surface area contributed by atoms with Crippen LogP contribution in [0.1, 0.15) is 19.3 Å². The predicted octanol–water partition coefficient (Wildman–Crippen LogP) is 0.825. The molecule has 4 fully saturated rings. The zero-order valence-corrected chi connectivity index (χ0v) is 12.8. The molecule has 4 unspecified atom stereocenters. The Kier molecular flexibility index (Phi) is 3.54. The molecule has 4 rings (SSSR count). The van der Waals surface area contributed by atoms with Gasteiger partial charge in [-0.1, -0.05) is 0 Å². The Balaban J connectivity index is 1.51. The van der Waals surface area contributed by atoms with E-state index in [-0.39, 0.29) is 24.3 Å². The number of carbonyl (C=O) groups excluding carboxylic acids is 1. The maximum absolute atomic E-state index is 14.2. The fraction of sp³-hybridized carbons (Fsp3) is 0.929. The molecule has 0 aromatic carbocycles. The van der Waals surface area contributed by atoms with Crippen molar-refractivity contribution in [3.63, 3.8) is 0 Å². The average molecular weight is 315 g/mol. The van der Waals surface area contributed by atoms with Crippen molar-refractivity contribution in [1.29, 1.82) is 0 Å². The van der Waals surface area contributed by atoms with Crippen molar-refractivity contribution < 1.29 is 13.9 Å². The monoisotopic (exact) mass is 315 g/mol. The van der Waals surface area contributed by atoms with Crippen molar-refractivity contribution in [1.82, 2.24) is 9.80 Å². The van der Waals surface area contributed by atoms with Gasteiger partial charge in [-0.25, -0.2) is 9.18 Å². The second-order valence-electron chi connectivity index (χ2n) is 6.57. The third-order valence-corrected chi connectivity index (χ3v) is 6.68. The van der Waals surface area contributed by atoms with Crippen molar-refractivity contribution in [3.8, 4) is 0 Å². The highest BCUT2D eigenvalue weighted by atomic mass is 32.2. The van der Waals surface area contributed by atoms with Crippen LogP contribution in [0, 0.1) is 0 Å². The molecule has 3 heterocycles. The van der Waals surface area contributed by atoms with Crippen LogP contribution in [0.4, 0.5) is 9.18 Å². The van der Waals surface area contributed by atoms with Crippen LogP contribution in [0.15, 0.2) is 0 Å². The van der Waals surface area contributed by atoms with Crippen LogP contribution in [0.3, 0.4) is 0 Å². The number of carbonyl (C=O) groups is 1. The molecule has 4 aliphatic rings. The fourth-order valence-electron chi connectivity index (χ4n) is 4.36. The third kappa shape index (κ3) is 2.16. The minimum Gasteiger partial charge on any atom is -0.443 e. The van der Waals surface area contributed by atoms with Gasteiger partial charge in [0.1, 0.15) is 12.3 Å². The van der Waals surface area contributed by atoms with E-state index in [0.29, 0.717) is 31.6 Å². The van der Waals surface area contributed by atoms with Gasteiger partial charge < -0.3 is 10.5 Å². The summed E-state index contributed by atoms with van der Waals surface area (Å²) in [5.41, 5.74) is 5.57. The molecular weight excluding hydrogens is 293 g/mol. The number of hydrogen-bond donors (Lipinski definition) is 1. The zero-order chi connectivity index (χ0) is 14.6. The molecule has 1 aliphatic carbocycles. The molecule has 0 spiro atoms. The molecule has 3 aliphatic heterocycles. The minimum atomic E-state index is -0.923. The first-order valence-electron chi connectivity index (χ1n) is 7.85. The van der Waals surface area contributed by atoms with E-state index in [0.717, 1.165) is 11.5 Å². The first kappa shape index (κ1) is 14.1. The highest BCUT2D eigenvalue weighted by Crippen LogP contribution is 2.44. The lowest BCUT2D eigenvalue weighted by molar-refractivity contribution is -0.0485. The summed E-state index contributed by atoms with van der Waals surface area (Å²) < 4.78 is 19.4. The summed E-state index contributed by atoms with van der Waals surface area (Å²) in [6.45, 7) is 0.747. The Bertz CT molecular complexity index is 424. The molecule has 1 saturated carbocycles. The Labute approximate surface area is 128 Å². The van der Waals surface area contributed by atoms with E-state index in [1.807, 2.05) is 11.8 Å². The largest absolute Gasteiger partial charge is 0.443 e. The van der Waals surface area contributed by atoms with Gasteiger partial charge in [0.15, 0.2) is 0 Å². The molecule has 0 aromatic heterocycles. The molecule has 0 radical (unpaired) electrons. The second kappa shape index (κ2) is 5.28. The molecule has 5 nitrogen and oxygen atoms in total. The topological polar surface area (TPSA) is 58.8 Å². The third-order valence-electron chi connectivity index (χ3n) is 5.44. The molecule has 21 heavy (non-hydrogen) atoms. The van der Waals surface area contributed by atoms with E-state index < -0.39 is 6.17 Å². The van der Waals surface area contributed by atoms with Gasteiger partial charge in [0.2, 0.25) is 0 Å². The number of thioether (sulfide) groups is 1. The number of nitrogens with zero attached hydrogens (tertiary/aromatic N) is 2. The number of ether oxygens (including phenoxy) is 1. The van der Waals surface area contributed by atoms with Gasteiger partial charge in [0.05, 0.1) is 12.6 Å². The predicted molar refractivity (Wildman–Crippen MR) is 79.1 cm³/mol. The van der Waals surface area contributed by atoms with Gasteiger partial charge in [0.25, 0.3) is 0 Å². The fourth-order valence-corrected chi connectivity index (χ4v) is 5.72. The molecule has 3 saturated heterocycles. The lowest BCUT2D eigenvalue weighted by atomic mass is 9.81. The van der Waals surface area contributed by atoms with Crippen LogP contribution >= 0.6 is 11.8 Å². The molecule has 1 amide bonds. The number of amides is 1. The van der Waals surface area contributed by atoms with Crippen LogP contribution in [0.5, 0.6) is 0 Å². The van der Waals surface area contributed by atoms with E-state index in [9.17, 15) is 9.18 Å². The van der Waals surface area contributed by atoms with E-state index >= 15 is 0 Å². The number of nitrogens with two attached hydrogens (primary N) is 1. The van der Waals surface area contributed by atoms with Gasteiger partial charge in [0, 0.05) is 36.2 Å². The van der Waals surface area contributed by atoms with Crippen LogP contribution in [-0.2, 0) is 4.74 Å². The van der Waals surface area contributed by atoms with Gasteiger partial charge in [-0.15, -0.1) is 0 Å². The minimum absolute atomic E-state index is 0.169. The van der Waals surface area contributed by atoms with Gasteiger partial charge >= 0.3 is 6.09 Å². The van der Waals surface area contributed by atoms with Gasteiger partial charge in [-0.05, 0) is 19.3 Å². The molecule has 118 valence electrons. The number of hydrogen-bond acceptors (Lipinski definition) is 5. The number of halogens is 1. The highest BCUT2D eigenvalue weighted by molar-refractivity contribution is 7.99. The van der Waals surface area contributed by atoms with E-state index in [1.54, 1.807) is 4.90 Å². The Morgan fingerprint density at radius 2 is 2.05 bits per heavy atom. The first-order valence-corrected chi connectivity index (χ1v) is 9.01. The summed E-state index contributed by atoms with van der Waals surface area (Å²) >= 11 is 2.01. The molecule has 7 heteroatoms. The normalized spacial score (nSPS) is 46.6. The molecule has 2 bridgehead atoms. The summed E-state index contributed by atoms with van der Waals surface area (Å²) in [7, 11) is 0. The zero-order valence-electron chi connectivity index (χ0n) is 12.0. The molecule has 2 N–H and O–H groups in total. The van der Waals surface area contributed by atoms with Crippen molar-refractivity contribution in [2.45, 2.75) is 55.7 Å². The summed E-state index contributed by atoms with van der Waals surface area (Å²) in [6, 6.07) is 0.970. The highest BCUT2D eigenvalue weighted by Gasteiger charge is 2.56. The number of fused-ring (bicyclic) bond motifs is 2. The standard InChI is InChI=1S/C14H22FN3O2S/c15-11-3-12(18-8-1-2-9(18)7-21-6-8)13(11)17-5-10(4-16)20-14(17)19/h8-13H,1-7,16H2/t8?,9?,10-,11?,12?,13+/m0/s1. The van der Waals surface area contributed by atoms with Crippen molar-refractivity contribution in [3.05, 3.63) is 0 Å².